The number of anilines is 1. The molecule has 2 amide bonds. The highest BCUT2D eigenvalue weighted by Gasteiger charge is 2.17. The molecule has 1 aromatic carbocycles. The molecule has 116 valence electrons. The zero-order valence-electron chi connectivity index (χ0n) is 12.4. The van der Waals surface area contributed by atoms with Gasteiger partial charge in [-0.1, -0.05) is 17.7 Å². The molecule has 0 aliphatic rings. The molecule has 1 atom stereocenters. The van der Waals surface area contributed by atoms with E-state index >= 15 is 0 Å². The number of halogens is 1. The molecule has 6 heteroatoms. The summed E-state index contributed by atoms with van der Waals surface area (Å²) in [6, 6.07) is 8.45. The minimum atomic E-state index is -0.730. The van der Waals surface area contributed by atoms with Gasteiger partial charge in [-0.05, 0) is 43.7 Å². The first-order valence-corrected chi connectivity index (χ1v) is 7.24. The second-order valence-corrected chi connectivity index (χ2v) is 5.48. The summed E-state index contributed by atoms with van der Waals surface area (Å²) < 4.78 is 5.20. The van der Waals surface area contributed by atoms with Crippen molar-refractivity contribution in [3.05, 3.63) is 52.9 Å². The van der Waals surface area contributed by atoms with E-state index in [2.05, 4.69) is 10.6 Å². The van der Waals surface area contributed by atoms with Crippen molar-refractivity contribution >= 4 is 29.1 Å². The molecule has 0 bridgehead atoms. The van der Waals surface area contributed by atoms with Crippen LogP contribution in [0.1, 0.15) is 18.2 Å². The number of carbonyl (C=O) groups excluding carboxylic acids is 2. The monoisotopic (exact) mass is 320 g/mol. The fourth-order valence-corrected chi connectivity index (χ4v) is 2.11. The van der Waals surface area contributed by atoms with Crippen LogP contribution in [0.2, 0.25) is 5.02 Å². The molecule has 0 aliphatic heterocycles. The molecule has 2 rings (SSSR count). The van der Waals surface area contributed by atoms with Crippen molar-refractivity contribution in [2.24, 2.45) is 0 Å². The van der Waals surface area contributed by atoms with Crippen LogP contribution in [-0.2, 0) is 16.0 Å². The summed E-state index contributed by atoms with van der Waals surface area (Å²) in [6.45, 7) is 3.66. The van der Waals surface area contributed by atoms with Crippen LogP contribution in [0.15, 0.2) is 41.0 Å². The van der Waals surface area contributed by atoms with E-state index in [1.54, 1.807) is 37.5 Å². The number of aryl methyl sites for hydroxylation is 1. The number of hydrogen-bond donors (Lipinski definition) is 2. The maximum Gasteiger partial charge on any atom is 0.313 e. The van der Waals surface area contributed by atoms with Crippen LogP contribution < -0.4 is 10.6 Å². The number of nitrogens with one attached hydrogen (secondary N) is 2. The highest BCUT2D eigenvalue weighted by atomic mass is 35.5. The Balaban J connectivity index is 1.88. The molecule has 0 aliphatic carbocycles. The Bertz CT molecular complexity index is 668. The van der Waals surface area contributed by atoms with Crippen molar-refractivity contribution in [2.75, 3.05) is 5.32 Å². The molecule has 1 aromatic heterocycles. The molecule has 0 saturated carbocycles. The van der Waals surface area contributed by atoms with E-state index in [1.807, 2.05) is 13.0 Å². The Morgan fingerprint density at radius 3 is 2.68 bits per heavy atom. The second kappa shape index (κ2) is 7.13. The van der Waals surface area contributed by atoms with Crippen LogP contribution in [0.3, 0.4) is 0 Å². The van der Waals surface area contributed by atoms with Crippen molar-refractivity contribution in [1.82, 2.24) is 5.32 Å². The van der Waals surface area contributed by atoms with Crippen LogP contribution in [0.4, 0.5) is 5.69 Å². The molecule has 1 heterocycles. The van der Waals surface area contributed by atoms with Gasteiger partial charge in [0.25, 0.3) is 0 Å². The van der Waals surface area contributed by atoms with Gasteiger partial charge in [-0.15, -0.1) is 0 Å². The van der Waals surface area contributed by atoms with Crippen LogP contribution in [-0.4, -0.2) is 17.9 Å². The first kappa shape index (κ1) is 16.1. The maximum absolute atomic E-state index is 11.9. The topological polar surface area (TPSA) is 71.3 Å². The summed E-state index contributed by atoms with van der Waals surface area (Å²) in [5, 5.41) is 5.67. The predicted octanol–water partition coefficient (Wildman–Crippen LogP) is 2.93. The van der Waals surface area contributed by atoms with Gasteiger partial charge in [0.2, 0.25) is 0 Å². The lowest BCUT2D eigenvalue weighted by Gasteiger charge is -2.12. The fourth-order valence-electron chi connectivity index (χ4n) is 1.93. The SMILES string of the molecule is Cc1ccc(NC(=O)C(=O)NC(C)Cc2ccco2)cc1Cl. The first-order valence-electron chi connectivity index (χ1n) is 6.86. The zero-order valence-corrected chi connectivity index (χ0v) is 13.1. The normalized spacial score (nSPS) is 11.8. The van der Waals surface area contributed by atoms with Gasteiger partial charge in [-0.3, -0.25) is 9.59 Å². The maximum atomic E-state index is 11.9. The number of hydrogen-bond acceptors (Lipinski definition) is 3. The van der Waals surface area contributed by atoms with Crippen molar-refractivity contribution < 1.29 is 14.0 Å². The number of benzene rings is 1. The summed E-state index contributed by atoms with van der Waals surface area (Å²) in [5.74, 6) is -0.680. The van der Waals surface area contributed by atoms with E-state index in [1.165, 1.54) is 0 Å². The molecule has 1 unspecified atom stereocenters. The largest absolute Gasteiger partial charge is 0.469 e. The lowest BCUT2D eigenvalue weighted by atomic mass is 10.2. The molecular weight excluding hydrogens is 304 g/mol. The van der Waals surface area contributed by atoms with Crippen molar-refractivity contribution in [3.63, 3.8) is 0 Å². The van der Waals surface area contributed by atoms with Crippen LogP contribution >= 0.6 is 11.6 Å². The van der Waals surface area contributed by atoms with E-state index in [0.717, 1.165) is 11.3 Å². The molecule has 0 radical (unpaired) electrons. The zero-order chi connectivity index (χ0) is 16.1. The molecule has 0 saturated heterocycles. The van der Waals surface area contributed by atoms with Crippen molar-refractivity contribution in [2.45, 2.75) is 26.3 Å². The summed E-state index contributed by atoms with van der Waals surface area (Å²) in [5.41, 5.74) is 1.38. The second-order valence-electron chi connectivity index (χ2n) is 5.08. The lowest BCUT2D eigenvalue weighted by molar-refractivity contribution is -0.136. The average Bonchev–Trinajstić information content (AvgIpc) is 2.95. The highest BCUT2D eigenvalue weighted by molar-refractivity contribution is 6.40. The Hall–Kier alpha value is -2.27. The van der Waals surface area contributed by atoms with Crippen molar-refractivity contribution in [1.29, 1.82) is 0 Å². The van der Waals surface area contributed by atoms with Crippen LogP contribution in [0.25, 0.3) is 0 Å². The smallest absolute Gasteiger partial charge is 0.313 e. The van der Waals surface area contributed by atoms with Crippen molar-refractivity contribution in [3.8, 4) is 0 Å². The van der Waals surface area contributed by atoms with E-state index in [-0.39, 0.29) is 6.04 Å². The van der Waals surface area contributed by atoms with Crippen LogP contribution in [0, 0.1) is 6.92 Å². The summed E-state index contributed by atoms with van der Waals surface area (Å²) in [7, 11) is 0. The molecule has 0 spiro atoms. The van der Waals surface area contributed by atoms with Gasteiger partial charge in [0.1, 0.15) is 5.76 Å². The third-order valence-electron chi connectivity index (χ3n) is 3.10. The van der Waals surface area contributed by atoms with Gasteiger partial charge in [-0.2, -0.15) is 0 Å². The third kappa shape index (κ3) is 4.36. The molecule has 22 heavy (non-hydrogen) atoms. The summed E-state index contributed by atoms with van der Waals surface area (Å²) >= 11 is 5.98. The van der Waals surface area contributed by atoms with Gasteiger partial charge in [0, 0.05) is 23.2 Å². The quantitative estimate of drug-likeness (QED) is 0.851. The van der Waals surface area contributed by atoms with E-state index < -0.39 is 11.8 Å². The Morgan fingerprint density at radius 1 is 1.27 bits per heavy atom. The fraction of sp³-hybridized carbons (Fsp3) is 0.250. The predicted molar refractivity (Wildman–Crippen MR) is 84.8 cm³/mol. The summed E-state index contributed by atoms with van der Waals surface area (Å²) in [6.07, 6.45) is 2.08. The number of carbonyl (C=O) groups is 2. The Kier molecular flexibility index (Phi) is 5.22. The van der Waals surface area contributed by atoms with Gasteiger partial charge in [0.05, 0.1) is 6.26 Å². The lowest BCUT2D eigenvalue weighted by Crippen LogP contribution is -2.41. The third-order valence-corrected chi connectivity index (χ3v) is 3.51. The Labute approximate surface area is 133 Å². The highest BCUT2D eigenvalue weighted by Crippen LogP contribution is 2.19. The number of amides is 2. The molecule has 2 N–H and O–H groups in total. The van der Waals surface area contributed by atoms with Gasteiger partial charge in [-0.25, -0.2) is 0 Å². The van der Waals surface area contributed by atoms with Crippen LogP contribution in [0.5, 0.6) is 0 Å². The average molecular weight is 321 g/mol. The first-order chi connectivity index (χ1) is 10.5. The molecule has 5 nitrogen and oxygen atoms in total. The minimum absolute atomic E-state index is 0.217. The van der Waals surface area contributed by atoms with Gasteiger partial charge >= 0.3 is 11.8 Å². The van der Waals surface area contributed by atoms with E-state index in [0.29, 0.717) is 17.1 Å². The molecular formula is C16H17ClN2O3. The molecule has 0 fully saturated rings. The standard InChI is InChI=1S/C16H17ClN2O3/c1-10-5-6-12(9-14(10)17)19-16(21)15(20)18-11(2)8-13-4-3-7-22-13/h3-7,9,11H,8H2,1-2H3,(H,18,20)(H,19,21). The Morgan fingerprint density at radius 2 is 2.05 bits per heavy atom. The molecule has 2 aromatic rings. The van der Waals surface area contributed by atoms with E-state index in [9.17, 15) is 9.59 Å². The van der Waals surface area contributed by atoms with E-state index in [4.69, 9.17) is 16.0 Å². The minimum Gasteiger partial charge on any atom is -0.469 e. The van der Waals surface area contributed by atoms with Gasteiger partial charge in [0.15, 0.2) is 0 Å². The summed E-state index contributed by atoms with van der Waals surface area (Å²) in [4.78, 5) is 23.7. The number of rotatable bonds is 4. The van der Waals surface area contributed by atoms with Gasteiger partial charge < -0.3 is 15.1 Å². The number of furan rings is 1.